The number of amides is 1. The van der Waals surface area contributed by atoms with Crippen LogP contribution < -0.4 is 5.32 Å². The minimum atomic E-state index is -0.830. The number of halogens is 1. The van der Waals surface area contributed by atoms with E-state index >= 15 is 0 Å². The van der Waals surface area contributed by atoms with Crippen LogP contribution in [0.5, 0.6) is 0 Å². The van der Waals surface area contributed by atoms with Gasteiger partial charge in [-0.1, -0.05) is 0 Å². The number of nitrogens with one attached hydrogen (secondary N) is 2. The molecule has 0 bridgehead atoms. The Morgan fingerprint density at radius 2 is 2.25 bits per heavy atom. The number of benzene rings is 1. The van der Waals surface area contributed by atoms with Crippen molar-refractivity contribution in [1.29, 1.82) is 0 Å². The minimum absolute atomic E-state index is 0.0992. The summed E-state index contributed by atoms with van der Waals surface area (Å²) in [7, 11) is 0. The van der Waals surface area contributed by atoms with Crippen molar-refractivity contribution in [2.75, 3.05) is 0 Å². The summed E-state index contributed by atoms with van der Waals surface area (Å²) in [6.45, 7) is 1.99. The Kier molecular flexibility index (Phi) is 3.74. The van der Waals surface area contributed by atoms with Gasteiger partial charge in [-0.25, -0.2) is 4.39 Å². The molecule has 8 heteroatoms. The first-order valence-corrected chi connectivity index (χ1v) is 5.69. The lowest BCUT2D eigenvalue weighted by Gasteiger charge is -2.05. The van der Waals surface area contributed by atoms with Gasteiger partial charge in [0.1, 0.15) is 5.82 Å². The number of aromatic nitrogens is 2. The molecule has 1 aromatic carbocycles. The Hall–Kier alpha value is -2.77. The second kappa shape index (κ2) is 5.47. The van der Waals surface area contributed by atoms with Gasteiger partial charge in [0, 0.05) is 29.4 Å². The van der Waals surface area contributed by atoms with E-state index in [1.807, 2.05) is 0 Å². The second-order valence-corrected chi connectivity index (χ2v) is 4.16. The van der Waals surface area contributed by atoms with Crippen molar-refractivity contribution >= 4 is 11.6 Å². The van der Waals surface area contributed by atoms with Gasteiger partial charge >= 0.3 is 0 Å². The number of nitrogens with zero attached hydrogens (tertiary/aromatic N) is 2. The molecular formula is C12H11FN4O3. The van der Waals surface area contributed by atoms with E-state index in [0.29, 0.717) is 0 Å². The van der Waals surface area contributed by atoms with Crippen molar-refractivity contribution in [1.82, 2.24) is 15.5 Å². The maximum atomic E-state index is 13.2. The molecule has 2 rings (SSSR count). The van der Waals surface area contributed by atoms with E-state index in [4.69, 9.17) is 0 Å². The highest BCUT2D eigenvalue weighted by atomic mass is 19.1. The average Bonchev–Trinajstić information content (AvgIpc) is 2.80. The quantitative estimate of drug-likeness (QED) is 0.656. The normalized spacial score (nSPS) is 10.3. The molecule has 0 radical (unpaired) electrons. The van der Waals surface area contributed by atoms with Crippen LogP contribution in [0.1, 0.15) is 21.6 Å². The summed E-state index contributed by atoms with van der Waals surface area (Å²) in [4.78, 5) is 21.7. The molecule has 0 aliphatic carbocycles. The first-order valence-electron chi connectivity index (χ1n) is 5.69. The van der Waals surface area contributed by atoms with E-state index in [1.165, 1.54) is 0 Å². The van der Waals surface area contributed by atoms with Crippen LogP contribution in [0.2, 0.25) is 0 Å². The molecule has 0 aliphatic rings. The predicted octanol–water partition coefficient (Wildman–Crippen LogP) is 1.70. The van der Waals surface area contributed by atoms with Gasteiger partial charge in [-0.05, 0) is 13.0 Å². The summed E-state index contributed by atoms with van der Waals surface area (Å²) >= 11 is 0. The molecule has 1 heterocycles. The number of nitro groups is 1. The highest BCUT2D eigenvalue weighted by Gasteiger charge is 2.14. The number of carbonyl (C=O) groups is 1. The lowest BCUT2D eigenvalue weighted by molar-refractivity contribution is -0.385. The summed E-state index contributed by atoms with van der Waals surface area (Å²) < 4.78 is 13.2. The van der Waals surface area contributed by atoms with Crippen molar-refractivity contribution in [3.63, 3.8) is 0 Å². The molecule has 0 fully saturated rings. The molecule has 0 saturated heterocycles. The molecule has 1 aromatic heterocycles. The van der Waals surface area contributed by atoms with Crippen LogP contribution in [0.25, 0.3) is 0 Å². The summed E-state index contributed by atoms with van der Waals surface area (Å²) in [6, 6.07) is 2.74. The number of aromatic amines is 1. The van der Waals surface area contributed by atoms with Crippen LogP contribution in [-0.2, 0) is 6.54 Å². The number of H-pyrrole nitrogens is 1. The number of aryl methyl sites for hydroxylation is 1. The molecule has 20 heavy (non-hydrogen) atoms. The van der Waals surface area contributed by atoms with Crippen LogP contribution in [-0.4, -0.2) is 21.0 Å². The zero-order chi connectivity index (χ0) is 14.7. The van der Waals surface area contributed by atoms with Crippen molar-refractivity contribution in [2.45, 2.75) is 13.5 Å². The smallest absolute Gasteiger partial charge is 0.273 e. The number of nitro benzene ring substituents is 1. The number of non-ortho nitro benzene ring substituents is 1. The van der Waals surface area contributed by atoms with Crippen molar-refractivity contribution < 1.29 is 14.1 Å². The van der Waals surface area contributed by atoms with Gasteiger partial charge in [-0.3, -0.25) is 20.0 Å². The molecule has 1 amide bonds. The number of hydrogen-bond acceptors (Lipinski definition) is 4. The van der Waals surface area contributed by atoms with E-state index < -0.39 is 22.3 Å². The molecule has 0 unspecified atom stereocenters. The van der Waals surface area contributed by atoms with E-state index in [1.54, 1.807) is 13.1 Å². The molecule has 104 valence electrons. The van der Waals surface area contributed by atoms with Gasteiger partial charge in [0.25, 0.3) is 11.6 Å². The molecule has 0 atom stereocenters. The van der Waals surface area contributed by atoms with E-state index in [-0.39, 0.29) is 12.1 Å². The van der Waals surface area contributed by atoms with Crippen molar-refractivity contribution in [3.05, 3.63) is 57.1 Å². The topological polar surface area (TPSA) is 101 Å². The Morgan fingerprint density at radius 1 is 1.50 bits per heavy atom. The van der Waals surface area contributed by atoms with Crippen LogP contribution in [0.4, 0.5) is 10.1 Å². The predicted molar refractivity (Wildman–Crippen MR) is 67.5 cm³/mol. The molecule has 0 aliphatic heterocycles. The van der Waals surface area contributed by atoms with Crippen LogP contribution >= 0.6 is 0 Å². The van der Waals surface area contributed by atoms with E-state index in [0.717, 1.165) is 29.5 Å². The van der Waals surface area contributed by atoms with Gasteiger partial charge in [-0.15, -0.1) is 0 Å². The molecule has 7 nitrogen and oxygen atoms in total. The molecule has 2 aromatic rings. The fourth-order valence-corrected chi connectivity index (χ4v) is 1.64. The Balaban J connectivity index is 2.13. The maximum Gasteiger partial charge on any atom is 0.273 e. The molecule has 2 N–H and O–H groups in total. The third kappa shape index (κ3) is 2.97. The average molecular weight is 278 g/mol. The largest absolute Gasteiger partial charge is 0.348 e. The lowest BCUT2D eigenvalue weighted by atomic mass is 10.1. The first-order chi connectivity index (χ1) is 9.47. The van der Waals surface area contributed by atoms with Crippen LogP contribution in [0, 0.1) is 22.9 Å². The first kappa shape index (κ1) is 13.7. The van der Waals surface area contributed by atoms with Gasteiger partial charge < -0.3 is 5.32 Å². The van der Waals surface area contributed by atoms with Crippen LogP contribution in [0.3, 0.4) is 0 Å². The third-order valence-electron chi connectivity index (χ3n) is 2.73. The van der Waals surface area contributed by atoms with Gasteiger partial charge in [0.2, 0.25) is 0 Å². The van der Waals surface area contributed by atoms with Gasteiger partial charge in [0.05, 0.1) is 17.2 Å². The monoisotopic (exact) mass is 278 g/mol. The Morgan fingerprint density at radius 3 is 2.85 bits per heavy atom. The Labute approximate surface area is 113 Å². The summed E-state index contributed by atoms with van der Waals surface area (Å²) in [5.74, 6) is -1.42. The number of hydrogen-bond donors (Lipinski definition) is 2. The second-order valence-electron chi connectivity index (χ2n) is 4.16. The van der Waals surface area contributed by atoms with Crippen molar-refractivity contribution in [2.24, 2.45) is 0 Å². The highest BCUT2D eigenvalue weighted by molar-refractivity contribution is 5.94. The zero-order valence-electron chi connectivity index (χ0n) is 10.5. The van der Waals surface area contributed by atoms with Crippen LogP contribution in [0.15, 0.2) is 24.4 Å². The van der Waals surface area contributed by atoms with Gasteiger partial charge in [0.15, 0.2) is 0 Å². The fourth-order valence-electron chi connectivity index (χ4n) is 1.64. The molecule has 0 saturated carbocycles. The maximum absolute atomic E-state index is 13.2. The number of rotatable bonds is 4. The van der Waals surface area contributed by atoms with Gasteiger partial charge in [-0.2, -0.15) is 5.10 Å². The van der Waals surface area contributed by atoms with E-state index in [9.17, 15) is 19.3 Å². The summed E-state index contributed by atoms with van der Waals surface area (Å²) in [5.41, 5.74) is 1.02. The zero-order valence-corrected chi connectivity index (χ0v) is 10.5. The third-order valence-corrected chi connectivity index (χ3v) is 2.73. The highest BCUT2D eigenvalue weighted by Crippen LogP contribution is 2.16. The summed E-state index contributed by atoms with van der Waals surface area (Å²) in [5, 5.41) is 19.7. The van der Waals surface area contributed by atoms with E-state index in [2.05, 4.69) is 15.5 Å². The Bertz CT molecular complexity index is 668. The lowest BCUT2D eigenvalue weighted by Crippen LogP contribution is -2.23. The number of carbonyl (C=O) groups excluding carboxylic acids is 1. The molecule has 0 spiro atoms. The minimum Gasteiger partial charge on any atom is -0.348 e. The SMILES string of the molecule is Cc1[nH]ncc1CNC(=O)c1cc(F)cc([N+](=O)[O-])c1. The molecular weight excluding hydrogens is 267 g/mol. The fraction of sp³-hybridized carbons (Fsp3) is 0.167. The summed E-state index contributed by atoms with van der Waals surface area (Å²) in [6.07, 6.45) is 1.56. The van der Waals surface area contributed by atoms with Crippen molar-refractivity contribution in [3.8, 4) is 0 Å². The standard InChI is InChI=1S/C12H11FN4O3/c1-7-9(6-15-16-7)5-14-12(18)8-2-10(13)4-11(3-8)17(19)20/h2-4,6H,5H2,1H3,(H,14,18)(H,15,16).